The average molecular weight is 312 g/mol. The smallest absolute Gasteiger partial charge is 0.407 e. The van der Waals surface area contributed by atoms with Crippen molar-refractivity contribution in [1.29, 1.82) is 0 Å². The van der Waals surface area contributed by atoms with E-state index in [9.17, 15) is 19.1 Å². The van der Waals surface area contributed by atoms with E-state index in [0.29, 0.717) is 5.56 Å². The van der Waals surface area contributed by atoms with Crippen molar-refractivity contribution in [2.75, 3.05) is 6.61 Å². The number of hydrogen-bond acceptors (Lipinski definition) is 4. The lowest BCUT2D eigenvalue weighted by molar-refractivity contribution is 0.0483. The Morgan fingerprint density at radius 3 is 2.55 bits per heavy atom. The van der Waals surface area contributed by atoms with Gasteiger partial charge in [0.05, 0.1) is 12.6 Å². The van der Waals surface area contributed by atoms with Crippen LogP contribution in [0, 0.1) is 5.82 Å². The fourth-order valence-electron chi connectivity index (χ4n) is 1.86. The molecule has 7 heteroatoms. The van der Waals surface area contributed by atoms with Crippen LogP contribution in [-0.4, -0.2) is 35.4 Å². The molecule has 1 aromatic carbocycles. The van der Waals surface area contributed by atoms with E-state index in [0.717, 1.165) is 6.07 Å². The molecule has 4 N–H and O–H groups in total. The Morgan fingerprint density at radius 2 is 2.05 bits per heavy atom. The number of ether oxygens (including phenoxy) is 1. The molecule has 0 unspecified atom stereocenters. The Bertz CT molecular complexity index is 555. The maximum Gasteiger partial charge on any atom is 0.407 e. The number of nitrogens with one attached hydrogen (secondary N) is 1. The van der Waals surface area contributed by atoms with Crippen LogP contribution in [0.1, 0.15) is 36.7 Å². The Hall–Kier alpha value is -2.15. The summed E-state index contributed by atoms with van der Waals surface area (Å²) < 4.78 is 18.3. The minimum absolute atomic E-state index is 0.0180. The second kappa shape index (κ2) is 7.22. The summed E-state index contributed by atoms with van der Waals surface area (Å²) in [7, 11) is 0. The second-order valence-corrected chi connectivity index (χ2v) is 5.90. The molecule has 0 heterocycles. The number of carbonyl (C=O) groups excluding carboxylic acids is 2. The van der Waals surface area contributed by atoms with Crippen LogP contribution < -0.4 is 11.1 Å². The number of carbonyl (C=O) groups is 2. The number of aliphatic hydroxyl groups is 1. The first-order valence-corrected chi connectivity index (χ1v) is 6.81. The molecule has 0 bridgehead atoms. The molecule has 2 amide bonds. The van der Waals surface area contributed by atoms with E-state index in [-0.39, 0.29) is 18.6 Å². The van der Waals surface area contributed by atoms with Crippen molar-refractivity contribution >= 4 is 12.0 Å². The molecule has 0 spiro atoms. The molecule has 0 saturated heterocycles. The fourth-order valence-corrected chi connectivity index (χ4v) is 1.86. The fraction of sp³-hybridized carbons (Fsp3) is 0.467. The van der Waals surface area contributed by atoms with Crippen LogP contribution in [0.2, 0.25) is 0 Å². The second-order valence-electron chi connectivity index (χ2n) is 5.90. The number of halogens is 1. The maximum absolute atomic E-state index is 13.2. The topological polar surface area (TPSA) is 102 Å². The van der Waals surface area contributed by atoms with E-state index in [1.807, 2.05) is 0 Å². The lowest BCUT2D eigenvalue weighted by Gasteiger charge is -2.23. The van der Waals surface area contributed by atoms with Gasteiger partial charge in [0.1, 0.15) is 11.4 Å². The Kier molecular flexibility index (Phi) is 5.87. The summed E-state index contributed by atoms with van der Waals surface area (Å²) in [5.74, 6) is -1.36. The van der Waals surface area contributed by atoms with Gasteiger partial charge in [-0.3, -0.25) is 4.79 Å². The van der Waals surface area contributed by atoms with E-state index in [4.69, 9.17) is 10.5 Å². The monoisotopic (exact) mass is 312 g/mol. The third-order valence-electron chi connectivity index (χ3n) is 2.74. The van der Waals surface area contributed by atoms with Crippen molar-refractivity contribution in [2.45, 2.75) is 38.8 Å². The zero-order chi connectivity index (χ0) is 16.9. The highest BCUT2D eigenvalue weighted by atomic mass is 19.1. The van der Waals surface area contributed by atoms with Gasteiger partial charge in [-0.05, 0) is 44.9 Å². The van der Waals surface area contributed by atoms with Crippen molar-refractivity contribution in [3.8, 4) is 0 Å². The first kappa shape index (κ1) is 17.9. The van der Waals surface area contributed by atoms with Crippen molar-refractivity contribution < 1.29 is 23.8 Å². The average Bonchev–Trinajstić information content (AvgIpc) is 2.37. The molecule has 22 heavy (non-hydrogen) atoms. The van der Waals surface area contributed by atoms with Crippen LogP contribution in [0.15, 0.2) is 18.2 Å². The third kappa shape index (κ3) is 5.69. The van der Waals surface area contributed by atoms with Crippen LogP contribution in [0.4, 0.5) is 9.18 Å². The molecule has 0 aliphatic carbocycles. The van der Waals surface area contributed by atoms with Gasteiger partial charge in [0.2, 0.25) is 5.91 Å². The first-order chi connectivity index (χ1) is 10.1. The molecule has 122 valence electrons. The predicted octanol–water partition coefficient (Wildman–Crippen LogP) is 1.35. The molecule has 0 radical (unpaired) electrons. The Morgan fingerprint density at radius 1 is 1.41 bits per heavy atom. The summed E-state index contributed by atoms with van der Waals surface area (Å²) in [6, 6.07) is 2.93. The van der Waals surface area contributed by atoms with Crippen LogP contribution in [0.3, 0.4) is 0 Å². The summed E-state index contributed by atoms with van der Waals surface area (Å²) in [6.07, 6.45) is -0.567. The zero-order valence-corrected chi connectivity index (χ0v) is 12.9. The summed E-state index contributed by atoms with van der Waals surface area (Å²) in [5, 5.41) is 11.9. The zero-order valence-electron chi connectivity index (χ0n) is 12.9. The largest absolute Gasteiger partial charge is 0.444 e. The number of benzene rings is 1. The van der Waals surface area contributed by atoms with E-state index in [2.05, 4.69) is 5.32 Å². The van der Waals surface area contributed by atoms with Crippen LogP contribution in [-0.2, 0) is 11.2 Å². The number of aliphatic hydroxyl groups excluding tert-OH is 1. The third-order valence-corrected chi connectivity index (χ3v) is 2.74. The highest BCUT2D eigenvalue weighted by molar-refractivity contribution is 5.94. The normalized spacial score (nSPS) is 12.6. The number of alkyl carbamates (subject to hydrolysis) is 1. The van der Waals surface area contributed by atoms with E-state index in [1.165, 1.54) is 12.1 Å². The minimum atomic E-state index is -0.775. The van der Waals surface area contributed by atoms with Crippen molar-refractivity contribution in [3.63, 3.8) is 0 Å². The van der Waals surface area contributed by atoms with Crippen LogP contribution in [0.25, 0.3) is 0 Å². The van der Waals surface area contributed by atoms with Gasteiger partial charge in [0, 0.05) is 5.56 Å². The van der Waals surface area contributed by atoms with Crippen LogP contribution >= 0.6 is 0 Å². The number of hydrogen-bond donors (Lipinski definition) is 3. The van der Waals surface area contributed by atoms with E-state index >= 15 is 0 Å². The standard InChI is InChI=1S/C15H21FN2O4/c1-15(2,3)22-14(21)18-11(8-19)6-9-4-5-10(16)7-12(9)13(17)20/h4-5,7,11,19H,6,8H2,1-3H3,(H2,17,20)(H,18,21)/t11-/m0/s1. The number of primary amides is 1. The summed E-state index contributed by atoms with van der Waals surface area (Å²) >= 11 is 0. The van der Waals surface area contributed by atoms with Gasteiger partial charge in [-0.25, -0.2) is 9.18 Å². The molecule has 1 atom stereocenters. The van der Waals surface area contributed by atoms with Gasteiger partial charge in [-0.15, -0.1) is 0 Å². The van der Waals surface area contributed by atoms with Crippen molar-refractivity contribution in [1.82, 2.24) is 5.32 Å². The summed E-state index contributed by atoms with van der Waals surface area (Å²) in [4.78, 5) is 23.0. The van der Waals surface area contributed by atoms with Gasteiger partial charge in [0.25, 0.3) is 0 Å². The van der Waals surface area contributed by atoms with Crippen LogP contribution in [0.5, 0.6) is 0 Å². The Labute approximate surface area is 128 Å². The highest BCUT2D eigenvalue weighted by Crippen LogP contribution is 2.14. The van der Waals surface area contributed by atoms with Gasteiger partial charge in [-0.1, -0.05) is 6.07 Å². The summed E-state index contributed by atoms with van der Waals surface area (Å²) in [5.41, 5.74) is 4.99. The number of rotatable bonds is 5. The molecule has 0 aliphatic rings. The lowest BCUT2D eigenvalue weighted by Crippen LogP contribution is -2.42. The number of amides is 2. The SMILES string of the molecule is CC(C)(C)OC(=O)N[C@H](CO)Cc1ccc(F)cc1C(N)=O. The number of nitrogens with two attached hydrogens (primary N) is 1. The molecule has 0 aliphatic heterocycles. The van der Waals surface area contributed by atoms with Gasteiger partial charge < -0.3 is 20.9 Å². The molecular weight excluding hydrogens is 291 g/mol. The van der Waals surface area contributed by atoms with Gasteiger partial charge in [0.15, 0.2) is 0 Å². The Balaban J connectivity index is 2.83. The summed E-state index contributed by atoms with van der Waals surface area (Å²) in [6.45, 7) is 4.78. The molecule has 0 aromatic heterocycles. The molecule has 6 nitrogen and oxygen atoms in total. The van der Waals surface area contributed by atoms with Crippen molar-refractivity contribution in [2.24, 2.45) is 5.73 Å². The molecule has 1 rings (SSSR count). The quantitative estimate of drug-likeness (QED) is 0.764. The van der Waals surface area contributed by atoms with E-state index < -0.39 is 29.5 Å². The maximum atomic E-state index is 13.2. The lowest BCUT2D eigenvalue weighted by atomic mass is 10.00. The predicted molar refractivity (Wildman–Crippen MR) is 78.9 cm³/mol. The molecular formula is C15H21FN2O4. The van der Waals surface area contributed by atoms with Gasteiger partial charge in [-0.2, -0.15) is 0 Å². The minimum Gasteiger partial charge on any atom is -0.444 e. The van der Waals surface area contributed by atoms with E-state index in [1.54, 1.807) is 20.8 Å². The highest BCUT2D eigenvalue weighted by Gasteiger charge is 2.21. The molecule has 0 fully saturated rings. The first-order valence-electron chi connectivity index (χ1n) is 6.81. The van der Waals surface area contributed by atoms with Crippen molar-refractivity contribution in [3.05, 3.63) is 35.1 Å². The van der Waals surface area contributed by atoms with Gasteiger partial charge >= 0.3 is 6.09 Å². The molecule has 1 aromatic rings. The molecule has 0 saturated carbocycles.